The first-order valence-electron chi connectivity index (χ1n) is 14.4. The van der Waals surface area contributed by atoms with Crippen LogP contribution in [0.4, 0.5) is 17.1 Å². The molecule has 0 spiro atoms. The fourth-order valence-corrected chi connectivity index (χ4v) is 6.12. The molecule has 0 aromatic heterocycles. The number of aryl methyl sites for hydroxylation is 2. The molecule has 0 aliphatic carbocycles. The lowest BCUT2D eigenvalue weighted by Crippen LogP contribution is -2.39. The minimum Gasteiger partial charge on any atom is -0.490 e. The summed E-state index contributed by atoms with van der Waals surface area (Å²) >= 11 is 0. The van der Waals surface area contributed by atoms with Crippen LogP contribution in [0.1, 0.15) is 40.7 Å². The highest BCUT2D eigenvalue weighted by molar-refractivity contribution is 6.07. The maximum absolute atomic E-state index is 13.8. The van der Waals surface area contributed by atoms with Crippen molar-refractivity contribution >= 4 is 28.9 Å². The highest BCUT2D eigenvalue weighted by atomic mass is 16.5. The van der Waals surface area contributed by atoms with Gasteiger partial charge in [-0.2, -0.15) is 0 Å². The van der Waals surface area contributed by atoms with Crippen LogP contribution < -0.4 is 19.4 Å². The van der Waals surface area contributed by atoms with Crippen LogP contribution in [0.2, 0.25) is 0 Å². The number of hydrogen-bond donors (Lipinski definition) is 0. The standard InChI is InChI=1S/C33H38N4O3/c1-23-20-27(36-14-5-7-32(36)38)12-13-28(23)24-8-10-25(11-9-24)33(39)37-15-4-6-26-21-31-30(22-29(26)37)35(18-19-40-31)17-16-34(2)3/h8-13,20-22H,4-7,14-19H2,1-3H3. The van der Waals surface area contributed by atoms with E-state index in [-0.39, 0.29) is 11.8 Å². The Morgan fingerprint density at radius 1 is 0.925 bits per heavy atom. The summed E-state index contributed by atoms with van der Waals surface area (Å²) in [4.78, 5) is 34.4. The number of likely N-dealkylation sites (N-methyl/N-ethyl adjacent to an activating group) is 1. The fourth-order valence-electron chi connectivity index (χ4n) is 6.12. The average molecular weight is 539 g/mol. The molecule has 208 valence electrons. The maximum Gasteiger partial charge on any atom is 0.258 e. The van der Waals surface area contributed by atoms with Gasteiger partial charge in [-0.3, -0.25) is 9.59 Å². The molecule has 0 bridgehead atoms. The van der Waals surface area contributed by atoms with Crippen LogP contribution in [-0.4, -0.2) is 70.1 Å². The Labute approximate surface area is 236 Å². The van der Waals surface area contributed by atoms with E-state index in [4.69, 9.17) is 4.74 Å². The van der Waals surface area contributed by atoms with Gasteiger partial charge in [0.15, 0.2) is 0 Å². The fraction of sp³-hybridized carbons (Fsp3) is 0.394. The number of fused-ring (bicyclic) bond motifs is 2. The summed E-state index contributed by atoms with van der Waals surface area (Å²) in [6.07, 6.45) is 3.43. The number of amides is 2. The van der Waals surface area contributed by atoms with E-state index in [0.29, 0.717) is 25.1 Å². The largest absolute Gasteiger partial charge is 0.490 e. The lowest BCUT2D eigenvalue weighted by molar-refractivity contribution is -0.117. The van der Waals surface area contributed by atoms with Gasteiger partial charge in [-0.25, -0.2) is 0 Å². The minimum atomic E-state index is 0.0311. The first kappa shape index (κ1) is 26.4. The number of benzene rings is 3. The molecule has 0 radical (unpaired) electrons. The Hall–Kier alpha value is -3.84. The molecule has 0 unspecified atom stereocenters. The monoisotopic (exact) mass is 538 g/mol. The number of rotatable bonds is 6. The summed E-state index contributed by atoms with van der Waals surface area (Å²) in [7, 11) is 4.18. The van der Waals surface area contributed by atoms with Crippen molar-refractivity contribution in [2.45, 2.75) is 32.6 Å². The zero-order chi connectivity index (χ0) is 27.8. The van der Waals surface area contributed by atoms with Crippen molar-refractivity contribution in [2.75, 3.05) is 68.1 Å². The van der Waals surface area contributed by atoms with E-state index in [0.717, 1.165) is 84.9 Å². The van der Waals surface area contributed by atoms with Crippen LogP contribution in [0.5, 0.6) is 5.75 Å². The van der Waals surface area contributed by atoms with Gasteiger partial charge in [0.25, 0.3) is 5.91 Å². The third kappa shape index (κ3) is 5.06. The molecule has 1 fully saturated rings. The van der Waals surface area contributed by atoms with E-state index in [1.165, 1.54) is 5.56 Å². The van der Waals surface area contributed by atoms with Crippen LogP contribution >= 0.6 is 0 Å². The quantitative estimate of drug-likeness (QED) is 0.435. The van der Waals surface area contributed by atoms with E-state index in [1.807, 2.05) is 40.1 Å². The molecule has 0 saturated carbocycles. The number of carbonyl (C=O) groups is 2. The van der Waals surface area contributed by atoms with Gasteiger partial charge < -0.3 is 24.3 Å². The summed E-state index contributed by atoms with van der Waals surface area (Å²) in [5.41, 5.74) is 8.21. The van der Waals surface area contributed by atoms with Crippen LogP contribution in [0.3, 0.4) is 0 Å². The van der Waals surface area contributed by atoms with Crippen molar-refractivity contribution in [3.05, 3.63) is 71.3 Å². The summed E-state index contributed by atoms with van der Waals surface area (Å²) in [6, 6.07) is 18.5. The molecule has 2 amide bonds. The van der Waals surface area contributed by atoms with E-state index in [2.05, 4.69) is 55.1 Å². The van der Waals surface area contributed by atoms with Crippen molar-refractivity contribution in [3.8, 4) is 16.9 Å². The zero-order valence-electron chi connectivity index (χ0n) is 23.8. The lowest BCUT2D eigenvalue weighted by Gasteiger charge is -2.36. The number of carbonyl (C=O) groups excluding carboxylic acids is 2. The van der Waals surface area contributed by atoms with Gasteiger partial charge >= 0.3 is 0 Å². The molecule has 7 heteroatoms. The van der Waals surface area contributed by atoms with E-state index >= 15 is 0 Å². The number of hydrogen-bond acceptors (Lipinski definition) is 5. The Balaban J connectivity index is 1.23. The van der Waals surface area contributed by atoms with Gasteiger partial charge in [0.2, 0.25) is 5.91 Å². The summed E-state index contributed by atoms with van der Waals surface area (Å²) in [6.45, 7) is 7.00. The number of nitrogens with zero attached hydrogens (tertiary/aromatic N) is 4. The van der Waals surface area contributed by atoms with E-state index in [1.54, 1.807) is 0 Å². The molecule has 7 nitrogen and oxygen atoms in total. The van der Waals surface area contributed by atoms with Gasteiger partial charge in [0, 0.05) is 49.5 Å². The molecule has 40 heavy (non-hydrogen) atoms. The highest BCUT2D eigenvalue weighted by Crippen LogP contribution is 2.41. The highest BCUT2D eigenvalue weighted by Gasteiger charge is 2.28. The Bertz CT molecular complexity index is 1430. The SMILES string of the molecule is Cc1cc(N2CCCC2=O)ccc1-c1ccc(C(=O)N2CCCc3cc4c(cc32)N(CCN(C)C)CCO4)cc1. The van der Waals surface area contributed by atoms with Crippen molar-refractivity contribution in [1.82, 2.24) is 4.90 Å². The molecule has 3 heterocycles. The van der Waals surface area contributed by atoms with Crippen LogP contribution in [-0.2, 0) is 11.2 Å². The molecule has 0 atom stereocenters. The van der Waals surface area contributed by atoms with Gasteiger partial charge in [-0.05, 0) is 98.9 Å². The Morgan fingerprint density at radius 2 is 1.73 bits per heavy atom. The maximum atomic E-state index is 13.8. The number of ether oxygens (including phenoxy) is 1. The number of anilines is 3. The average Bonchev–Trinajstić information content (AvgIpc) is 3.40. The molecule has 3 aliphatic heterocycles. The molecule has 6 rings (SSSR count). The molecule has 3 aromatic carbocycles. The van der Waals surface area contributed by atoms with Crippen molar-refractivity contribution < 1.29 is 14.3 Å². The van der Waals surface area contributed by atoms with Gasteiger partial charge in [0.05, 0.1) is 12.2 Å². The molecule has 1 saturated heterocycles. The van der Waals surface area contributed by atoms with Crippen LogP contribution in [0.15, 0.2) is 54.6 Å². The van der Waals surface area contributed by atoms with Crippen LogP contribution in [0, 0.1) is 6.92 Å². The molecular formula is C33H38N4O3. The molecular weight excluding hydrogens is 500 g/mol. The third-order valence-corrected chi connectivity index (χ3v) is 8.34. The third-order valence-electron chi connectivity index (χ3n) is 8.34. The second-order valence-corrected chi connectivity index (χ2v) is 11.4. The zero-order valence-corrected chi connectivity index (χ0v) is 23.8. The second-order valence-electron chi connectivity index (χ2n) is 11.4. The van der Waals surface area contributed by atoms with Crippen molar-refractivity contribution in [2.24, 2.45) is 0 Å². The van der Waals surface area contributed by atoms with Crippen molar-refractivity contribution in [1.29, 1.82) is 0 Å². The summed E-state index contributed by atoms with van der Waals surface area (Å²) in [5, 5.41) is 0. The van der Waals surface area contributed by atoms with Gasteiger partial charge in [0.1, 0.15) is 12.4 Å². The summed E-state index contributed by atoms with van der Waals surface area (Å²) < 4.78 is 6.04. The van der Waals surface area contributed by atoms with E-state index in [9.17, 15) is 9.59 Å². The first-order valence-corrected chi connectivity index (χ1v) is 14.4. The predicted octanol–water partition coefficient (Wildman–Crippen LogP) is 5.14. The topological polar surface area (TPSA) is 56.3 Å². The van der Waals surface area contributed by atoms with Gasteiger partial charge in [-0.1, -0.05) is 18.2 Å². The molecule has 3 aliphatic rings. The Morgan fingerprint density at radius 3 is 2.45 bits per heavy atom. The van der Waals surface area contributed by atoms with E-state index < -0.39 is 0 Å². The molecule has 0 N–H and O–H groups in total. The first-order chi connectivity index (χ1) is 19.4. The smallest absolute Gasteiger partial charge is 0.258 e. The van der Waals surface area contributed by atoms with Gasteiger partial charge in [-0.15, -0.1) is 0 Å². The molecule has 3 aromatic rings. The van der Waals surface area contributed by atoms with Crippen molar-refractivity contribution in [3.63, 3.8) is 0 Å². The Kier molecular flexibility index (Phi) is 7.24. The lowest BCUT2D eigenvalue weighted by atomic mass is 9.97. The predicted molar refractivity (Wildman–Crippen MR) is 161 cm³/mol. The summed E-state index contributed by atoms with van der Waals surface area (Å²) in [5.74, 6) is 1.16. The van der Waals surface area contributed by atoms with Crippen LogP contribution in [0.25, 0.3) is 11.1 Å². The minimum absolute atomic E-state index is 0.0311. The second kappa shape index (κ2) is 11.0. The normalized spacial score (nSPS) is 16.7.